The van der Waals surface area contributed by atoms with Crippen LogP contribution >= 0.6 is 0 Å². The highest BCUT2D eigenvalue weighted by molar-refractivity contribution is 5.85. The molecule has 1 rings (SSSR count). The fraction of sp³-hybridized carbons (Fsp3) is 0.714. The lowest BCUT2D eigenvalue weighted by atomic mass is 9.99. The van der Waals surface area contributed by atoms with E-state index in [1.807, 2.05) is 6.92 Å². The van der Waals surface area contributed by atoms with Crippen LogP contribution in [0.4, 0.5) is 4.79 Å². The van der Waals surface area contributed by atoms with Gasteiger partial charge in [-0.25, -0.2) is 9.59 Å². The maximum atomic E-state index is 10.7. The first kappa shape index (κ1) is 8.83. The Kier molecular flexibility index (Phi) is 2.21. The SMILES string of the molecule is CCCC1(C(=O)O)CNC(=O)O1. The normalized spacial score (nSPS) is 27.9. The summed E-state index contributed by atoms with van der Waals surface area (Å²) in [6, 6.07) is 0. The lowest BCUT2D eigenvalue weighted by molar-refractivity contribution is -0.155. The van der Waals surface area contributed by atoms with E-state index in [4.69, 9.17) is 9.84 Å². The van der Waals surface area contributed by atoms with Crippen LogP contribution in [0.25, 0.3) is 0 Å². The van der Waals surface area contributed by atoms with E-state index in [0.717, 1.165) is 0 Å². The van der Waals surface area contributed by atoms with Crippen molar-refractivity contribution in [3.63, 3.8) is 0 Å². The first-order chi connectivity index (χ1) is 5.60. The molecule has 0 saturated carbocycles. The average molecular weight is 173 g/mol. The van der Waals surface area contributed by atoms with E-state index in [2.05, 4.69) is 5.32 Å². The molecule has 5 nitrogen and oxygen atoms in total. The first-order valence-electron chi connectivity index (χ1n) is 3.81. The van der Waals surface area contributed by atoms with Crippen molar-refractivity contribution in [3.05, 3.63) is 0 Å². The molecule has 0 aliphatic carbocycles. The number of carboxylic acids is 1. The summed E-state index contributed by atoms with van der Waals surface area (Å²) >= 11 is 0. The van der Waals surface area contributed by atoms with Crippen molar-refractivity contribution in [2.24, 2.45) is 0 Å². The van der Waals surface area contributed by atoms with Crippen LogP contribution in [0.1, 0.15) is 19.8 Å². The number of carboxylic acid groups (broad SMARTS) is 1. The fourth-order valence-corrected chi connectivity index (χ4v) is 1.23. The van der Waals surface area contributed by atoms with Crippen LogP contribution in [-0.4, -0.2) is 29.3 Å². The van der Waals surface area contributed by atoms with Crippen LogP contribution in [0.5, 0.6) is 0 Å². The van der Waals surface area contributed by atoms with Crippen molar-refractivity contribution in [1.29, 1.82) is 0 Å². The molecule has 1 amide bonds. The van der Waals surface area contributed by atoms with Crippen molar-refractivity contribution in [3.8, 4) is 0 Å². The number of amides is 1. The minimum absolute atomic E-state index is 0.0645. The van der Waals surface area contributed by atoms with Gasteiger partial charge in [-0.3, -0.25) is 0 Å². The predicted molar refractivity (Wildman–Crippen MR) is 39.8 cm³/mol. The highest BCUT2D eigenvalue weighted by atomic mass is 16.6. The monoisotopic (exact) mass is 173 g/mol. The van der Waals surface area contributed by atoms with Gasteiger partial charge in [-0.1, -0.05) is 13.3 Å². The molecule has 1 unspecified atom stereocenters. The Labute approximate surface area is 69.7 Å². The number of carbonyl (C=O) groups is 2. The first-order valence-corrected chi connectivity index (χ1v) is 3.81. The van der Waals surface area contributed by atoms with Crippen molar-refractivity contribution in [1.82, 2.24) is 5.32 Å². The van der Waals surface area contributed by atoms with Crippen LogP contribution < -0.4 is 5.32 Å². The van der Waals surface area contributed by atoms with E-state index < -0.39 is 17.7 Å². The Hall–Kier alpha value is -1.26. The maximum Gasteiger partial charge on any atom is 0.408 e. The number of ether oxygens (including phenoxy) is 1. The van der Waals surface area contributed by atoms with Gasteiger partial charge in [0.25, 0.3) is 0 Å². The van der Waals surface area contributed by atoms with Crippen LogP contribution in [0.3, 0.4) is 0 Å². The Morgan fingerprint density at radius 2 is 2.50 bits per heavy atom. The third-order valence-electron chi connectivity index (χ3n) is 1.85. The molecular weight excluding hydrogens is 162 g/mol. The molecule has 0 aromatic rings. The second kappa shape index (κ2) is 3.00. The summed E-state index contributed by atoms with van der Waals surface area (Å²) in [5.41, 5.74) is -1.33. The van der Waals surface area contributed by atoms with Gasteiger partial charge in [0.05, 0.1) is 6.54 Å². The van der Waals surface area contributed by atoms with Crippen molar-refractivity contribution < 1.29 is 19.4 Å². The van der Waals surface area contributed by atoms with Crippen LogP contribution in [0, 0.1) is 0 Å². The van der Waals surface area contributed by atoms with Gasteiger partial charge in [0.15, 0.2) is 0 Å². The molecule has 0 bridgehead atoms. The van der Waals surface area contributed by atoms with Crippen LogP contribution in [-0.2, 0) is 9.53 Å². The molecular formula is C7H11NO4. The number of nitrogens with one attached hydrogen (secondary N) is 1. The van der Waals surface area contributed by atoms with Gasteiger partial charge in [0, 0.05) is 0 Å². The van der Waals surface area contributed by atoms with Crippen molar-refractivity contribution in [2.45, 2.75) is 25.4 Å². The van der Waals surface area contributed by atoms with E-state index >= 15 is 0 Å². The number of rotatable bonds is 3. The van der Waals surface area contributed by atoms with E-state index in [0.29, 0.717) is 12.8 Å². The molecule has 0 radical (unpaired) electrons. The molecule has 0 aromatic carbocycles. The molecule has 1 heterocycles. The molecule has 1 saturated heterocycles. The maximum absolute atomic E-state index is 10.7. The van der Waals surface area contributed by atoms with E-state index in [-0.39, 0.29) is 6.54 Å². The number of hydrogen-bond acceptors (Lipinski definition) is 3. The summed E-state index contributed by atoms with van der Waals surface area (Å²) in [5, 5.41) is 11.1. The summed E-state index contributed by atoms with van der Waals surface area (Å²) in [4.78, 5) is 21.4. The third kappa shape index (κ3) is 1.34. The minimum atomic E-state index is -1.33. The van der Waals surface area contributed by atoms with E-state index in [1.165, 1.54) is 0 Å². The number of alkyl carbamates (subject to hydrolysis) is 1. The van der Waals surface area contributed by atoms with Crippen LogP contribution in [0.2, 0.25) is 0 Å². The zero-order valence-corrected chi connectivity index (χ0v) is 6.79. The highest BCUT2D eigenvalue weighted by Crippen LogP contribution is 2.22. The number of aliphatic carboxylic acids is 1. The van der Waals surface area contributed by atoms with E-state index in [9.17, 15) is 9.59 Å². The summed E-state index contributed by atoms with van der Waals surface area (Å²) in [5.74, 6) is -1.08. The number of cyclic esters (lactones) is 1. The Balaban J connectivity index is 2.74. The number of hydrogen-bond donors (Lipinski definition) is 2. The summed E-state index contributed by atoms with van der Waals surface area (Å²) in [7, 11) is 0. The molecule has 5 heteroatoms. The predicted octanol–water partition coefficient (Wildman–Crippen LogP) is 0.350. The molecule has 2 N–H and O–H groups in total. The van der Waals surface area contributed by atoms with Gasteiger partial charge in [0.2, 0.25) is 5.60 Å². The van der Waals surface area contributed by atoms with Gasteiger partial charge < -0.3 is 15.2 Å². The van der Waals surface area contributed by atoms with Gasteiger partial charge in [0.1, 0.15) is 0 Å². The molecule has 1 aliphatic rings. The molecule has 68 valence electrons. The van der Waals surface area contributed by atoms with Gasteiger partial charge >= 0.3 is 12.1 Å². The standard InChI is InChI=1S/C7H11NO4/c1-2-3-7(5(9)10)4-8-6(11)12-7/h2-4H2,1H3,(H,8,11)(H,9,10). The average Bonchev–Trinajstić information content (AvgIpc) is 2.34. The Morgan fingerprint density at radius 1 is 1.83 bits per heavy atom. The second-order valence-electron chi connectivity index (χ2n) is 2.79. The Morgan fingerprint density at radius 3 is 2.83 bits per heavy atom. The fourth-order valence-electron chi connectivity index (χ4n) is 1.23. The number of carbonyl (C=O) groups excluding carboxylic acids is 1. The molecule has 1 fully saturated rings. The van der Waals surface area contributed by atoms with Gasteiger partial charge in [-0.2, -0.15) is 0 Å². The zero-order valence-electron chi connectivity index (χ0n) is 6.79. The molecule has 0 spiro atoms. The molecule has 0 aromatic heterocycles. The lowest BCUT2D eigenvalue weighted by Crippen LogP contribution is -2.42. The van der Waals surface area contributed by atoms with E-state index in [1.54, 1.807) is 0 Å². The summed E-state index contributed by atoms with van der Waals surface area (Å²) < 4.78 is 4.70. The largest absolute Gasteiger partial charge is 0.478 e. The quantitative estimate of drug-likeness (QED) is 0.645. The zero-order chi connectivity index (χ0) is 9.19. The second-order valence-corrected chi connectivity index (χ2v) is 2.79. The third-order valence-corrected chi connectivity index (χ3v) is 1.85. The molecule has 1 atom stereocenters. The minimum Gasteiger partial charge on any atom is -0.478 e. The van der Waals surface area contributed by atoms with Gasteiger partial charge in [-0.05, 0) is 6.42 Å². The lowest BCUT2D eigenvalue weighted by Gasteiger charge is -2.19. The topological polar surface area (TPSA) is 75.6 Å². The summed E-state index contributed by atoms with van der Waals surface area (Å²) in [6.45, 7) is 1.91. The molecule has 12 heavy (non-hydrogen) atoms. The molecule has 1 aliphatic heterocycles. The highest BCUT2D eigenvalue weighted by Gasteiger charge is 2.46. The van der Waals surface area contributed by atoms with Gasteiger partial charge in [-0.15, -0.1) is 0 Å². The van der Waals surface area contributed by atoms with Crippen molar-refractivity contribution >= 4 is 12.1 Å². The Bertz CT molecular complexity index is 215. The van der Waals surface area contributed by atoms with Crippen LogP contribution in [0.15, 0.2) is 0 Å². The van der Waals surface area contributed by atoms with Crippen molar-refractivity contribution in [2.75, 3.05) is 6.54 Å². The summed E-state index contributed by atoms with van der Waals surface area (Å²) in [6.07, 6.45) is 0.369. The smallest absolute Gasteiger partial charge is 0.408 e.